The average Bonchev–Trinajstić information content (AvgIpc) is 3.56. The monoisotopic (exact) mass is 593 g/mol. The third-order valence-electron chi connectivity index (χ3n) is 11.3. The van der Waals surface area contributed by atoms with Crippen LogP contribution in [0.2, 0.25) is 0 Å². The zero-order chi connectivity index (χ0) is 30.5. The Morgan fingerprint density at radius 2 is 0.717 bits per heavy atom. The summed E-state index contributed by atoms with van der Waals surface area (Å²) in [4.78, 5) is 2.36. The molecule has 4 aliphatic carbocycles. The maximum absolute atomic E-state index is 2.45. The van der Waals surface area contributed by atoms with E-state index in [4.69, 9.17) is 0 Å². The van der Waals surface area contributed by atoms with Crippen LogP contribution in [-0.4, -0.2) is 0 Å². The second kappa shape index (κ2) is 11.2. The summed E-state index contributed by atoms with van der Waals surface area (Å²) in [5.41, 5.74) is 13.0. The lowest BCUT2D eigenvalue weighted by Gasteiger charge is -2.39. The van der Waals surface area contributed by atoms with Gasteiger partial charge in [0.1, 0.15) is 0 Å². The quantitative estimate of drug-likeness (QED) is 0.178. The summed E-state index contributed by atoms with van der Waals surface area (Å²) in [6.45, 7) is 0. The highest BCUT2D eigenvalue weighted by atomic mass is 15.1. The van der Waals surface area contributed by atoms with Crippen LogP contribution in [0.1, 0.15) is 37.7 Å². The van der Waals surface area contributed by atoms with E-state index in [0.29, 0.717) is 5.41 Å². The fraction of sp³-hybridized carbons (Fsp3) is 0.200. The third-order valence-corrected chi connectivity index (χ3v) is 11.3. The van der Waals surface area contributed by atoms with Crippen molar-refractivity contribution in [3.05, 3.63) is 163 Å². The standard InChI is InChI=1S/C45H39N/c1-3-7-33(8-4-1)36-13-21-42(22-14-36)46(43-23-15-37(16-24-43)34-9-5-2-6-10-34)44-25-17-38(18-26-44)35-11-19-41(20-12-35)45-29-32-27-39(30-45)40(28-32)31-45/h1-26,32,39-40H,27-31H2. The number of nitrogens with zero attached hydrogens (tertiary/aromatic N) is 1. The molecule has 0 heterocycles. The highest BCUT2D eigenvalue weighted by Gasteiger charge is 2.56. The van der Waals surface area contributed by atoms with Gasteiger partial charge in [-0.3, -0.25) is 0 Å². The van der Waals surface area contributed by atoms with E-state index >= 15 is 0 Å². The molecule has 10 rings (SSSR count). The van der Waals surface area contributed by atoms with Crippen LogP contribution in [0.4, 0.5) is 17.1 Å². The summed E-state index contributed by atoms with van der Waals surface area (Å²) in [5.74, 6) is 2.98. The van der Waals surface area contributed by atoms with Crippen LogP contribution in [-0.2, 0) is 5.41 Å². The molecule has 46 heavy (non-hydrogen) atoms. The summed E-state index contributed by atoms with van der Waals surface area (Å²) < 4.78 is 0. The minimum absolute atomic E-state index is 0.464. The van der Waals surface area contributed by atoms with Gasteiger partial charge < -0.3 is 4.90 Å². The van der Waals surface area contributed by atoms with Gasteiger partial charge in [-0.1, -0.05) is 121 Å². The molecule has 2 atom stereocenters. The molecule has 0 radical (unpaired) electrons. The van der Waals surface area contributed by atoms with Gasteiger partial charge >= 0.3 is 0 Å². The van der Waals surface area contributed by atoms with Crippen LogP contribution < -0.4 is 4.90 Å². The SMILES string of the molecule is c1ccc(-c2ccc(N(c3ccc(-c4ccccc4)cc3)c3ccc(-c4ccc(C56CC7CC(C5)C(C7)C6)cc4)cc3)cc2)cc1. The van der Waals surface area contributed by atoms with Crippen molar-refractivity contribution < 1.29 is 0 Å². The molecule has 0 spiro atoms. The number of hydrogen-bond donors (Lipinski definition) is 0. The first-order valence-electron chi connectivity index (χ1n) is 17.0. The molecule has 4 fully saturated rings. The van der Waals surface area contributed by atoms with Gasteiger partial charge in [0.25, 0.3) is 0 Å². The van der Waals surface area contributed by atoms with Crippen molar-refractivity contribution in [2.75, 3.05) is 4.90 Å². The van der Waals surface area contributed by atoms with Crippen LogP contribution in [0, 0.1) is 17.8 Å². The van der Waals surface area contributed by atoms with E-state index in [1.807, 2.05) is 0 Å². The molecule has 2 unspecified atom stereocenters. The fourth-order valence-corrected chi connectivity index (χ4v) is 9.30. The summed E-state index contributed by atoms with van der Waals surface area (Å²) in [6, 6.07) is 57.8. The Morgan fingerprint density at radius 3 is 1.09 bits per heavy atom. The van der Waals surface area contributed by atoms with Crippen LogP contribution in [0.5, 0.6) is 0 Å². The first-order valence-corrected chi connectivity index (χ1v) is 17.0. The Labute approximate surface area is 273 Å². The topological polar surface area (TPSA) is 3.24 Å². The molecule has 0 N–H and O–H groups in total. The van der Waals surface area contributed by atoms with E-state index in [1.54, 1.807) is 5.56 Å². The lowest BCUT2D eigenvalue weighted by Crippen LogP contribution is -2.31. The second-order valence-corrected chi connectivity index (χ2v) is 14.0. The maximum Gasteiger partial charge on any atom is 0.0462 e. The van der Waals surface area contributed by atoms with Crippen molar-refractivity contribution in [2.45, 2.75) is 37.5 Å². The van der Waals surface area contributed by atoms with E-state index < -0.39 is 0 Å². The first kappa shape index (κ1) is 27.4. The summed E-state index contributed by atoms with van der Waals surface area (Å²) >= 11 is 0. The molecule has 0 aliphatic heterocycles. The van der Waals surface area contributed by atoms with Gasteiger partial charge in [-0.25, -0.2) is 0 Å². The lowest BCUT2D eigenvalue weighted by molar-refractivity contribution is 0.229. The molecule has 1 heteroatoms. The highest BCUT2D eigenvalue weighted by Crippen LogP contribution is 2.64. The van der Waals surface area contributed by atoms with E-state index in [1.165, 1.54) is 65.5 Å². The Kier molecular flexibility index (Phi) is 6.66. The summed E-state index contributed by atoms with van der Waals surface area (Å²) in [5, 5.41) is 0. The number of benzene rings is 6. The van der Waals surface area contributed by atoms with Gasteiger partial charge in [0, 0.05) is 17.1 Å². The van der Waals surface area contributed by atoms with Crippen molar-refractivity contribution in [1.82, 2.24) is 0 Å². The highest BCUT2D eigenvalue weighted by molar-refractivity contribution is 5.81. The number of anilines is 3. The molecule has 0 amide bonds. The van der Waals surface area contributed by atoms with Crippen molar-refractivity contribution in [3.63, 3.8) is 0 Å². The molecule has 0 aromatic heterocycles. The van der Waals surface area contributed by atoms with Gasteiger partial charge in [-0.2, -0.15) is 0 Å². The Bertz CT molecular complexity index is 1840. The molecule has 6 aromatic carbocycles. The van der Waals surface area contributed by atoms with Crippen molar-refractivity contribution >= 4 is 17.1 Å². The minimum Gasteiger partial charge on any atom is -0.311 e. The van der Waals surface area contributed by atoms with Gasteiger partial charge in [0.05, 0.1) is 0 Å². The predicted octanol–water partition coefficient (Wildman–Crippen LogP) is 12.2. The lowest BCUT2D eigenvalue weighted by atomic mass is 9.66. The summed E-state index contributed by atoms with van der Waals surface area (Å²) in [6.07, 6.45) is 7.28. The zero-order valence-corrected chi connectivity index (χ0v) is 26.2. The van der Waals surface area contributed by atoms with E-state index in [2.05, 4.69) is 163 Å². The Hall–Kier alpha value is -4.88. The fourth-order valence-electron chi connectivity index (χ4n) is 9.30. The molecule has 224 valence electrons. The van der Waals surface area contributed by atoms with Crippen molar-refractivity contribution in [2.24, 2.45) is 17.8 Å². The zero-order valence-electron chi connectivity index (χ0n) is 26.2. The smallest absolute Gasteiger partial charge is 0.0462 e. The molecule has 4 saturated carbocycles. The average molecular weight is 594 g/mol. The van der Waals surface area contributed by atoms with Crippen LogP contribution in [0.3, 0.4) is 0 Å². The Balaban J connectivity index is 1.02. The second-order valence-electron chi connectivity index (χ2n) is 14.0. The number of hydrogen-bond acceptors (Lipinski definition) is 1. The van der Waals surface area contributed by atoms with Crippen molar-refractivity contribution in [3.8, 4) is 33.4 Å². The van der Waals surface area contributed by atoms with E-state index in [0.717, 1.165) is 34.8 Å². The van der Waals surface area contributed by atoms with Gasteiger partial charge in [0.2, 0.25) is 0 Å². The van der Waals surface area contributed by atoms with Crippen LogP contribution in [0.25, 0.3) is 33.4 Å². The molecular formula is C45H39N. The largest absolute Gasteiger partial charge is 0.311 e. The van der Waals surface area contributed by atoms with E-state index in [-0.39, 0.29) is 0 Å². The first-order chi connectivity index (χ1) is 22.7. The third kappa shape index (κ3) is 4.86. The molecule has 1 nitrogen and oxygen atoms in total. The minimum atomic E-state index is 0.464. The molecule has 4 aliphatic rings. The molecule has 0 saturated heterocycles. The summed E-state index contributed by atoms with van der Waals surface area (Å²) in [7, 11) is 0. The van der Waals surface area contributed by atoms with Crippen LogP contribution >= 0.6 is 0 Å². The van der Waals surface area contributed by atoms with Gasteiger partial charge in [-0.15, -0.1) is 0 Å². The van der Waals surface area contributed by atoms with Gasteiger partial charge in [-0.05, 0) is 131 Å². The van der Waals surface area contributed by atoms with Crippen LogP contribution in [0.15, 0.2) is 158 Å². The van der Waals surface area contributed by atoms with Gasteiger partial charge in [0.15, 0.2) is 0 Å². The maximum atomic E-state index is 2.45. The Morgan fingerprint density at radius 1 is 0.370 bits per heavy atom. The normalized spacial score (nSPS) is 22.7. The molecule has 4 bridgehead atoms. The number of rotatable bonds is 7. The van der Waals surface area contributed by atoms with E-state index in [9.17, 15) is 0 Å². The molecular weight excluding hydrogens is 555 g/mol. The molecule has 6 aromatic rings. The van der Waals surface area contributed by atoms with Crippen molar-refractivity contribution in [1.29, 1.82) is 0 Å². The predicted molar refractivity (Wildman–Crippen MR) is 193 cm³/mol.